The number of hydrogen-bond acceptors (Lipinski definition) is 6. The average molecular weight is 292 g/mol. The summed E-state index contributed by atoms with van der Waals surface area (Å²) < 4.78 is 0. The predicted molar refractivity (Wildman–Crippen MR) is 77.3 cm³/mol. The van der Waals surface area contributed by atoms with E-state index in [1.807, 2.05) is 13.0 Å². The van der Waals surface area contributed by atoms with Crippen LogP contribution in [0.5, 0.6) is 0 Å². The number of carbonyl (C=O) groups is 1. The number of hydrogen-bond donors (Lipinski definition) is 2. The summed E-state index contributed by atoms with van der Waals surface area (Å²) in [6.07, 6.45) is 1.12. The number of nitrogens with zero attached hydrogens (tertiary/aromatic N) is 2. The number of nitrogens with one attached hydrogen (secondary N) is 2. The molecular weight excluding hydrogens is 280 g/mol. The van der Waals surface area contributed by atoms with Gasteiger partial charge in [0.15, 0.2) is 5.13 Å². The monoisotopic (exact) mass is 292 g/mol. The number of carbonyl (C=O) groups excluding carboxylic acids is 1. The lowest BCUT2D eigenvalue weighted by molar-refractivity contribution is -0.380. The minimum absolute atomic E-state index is 0.111. The van der Waals surface area contributed by atoms with Crippen molar-refractivity contribution < 1.29 is 9.72 Å². The summed E-state index contributed by atoms with van der Waals surface area (Å²) >= 11 is 0.821. The fourth-order valence-electron chi connectivity index (χ4n) is 1.60. The second-order valence-corrected chi connectivity index (χ2v) is 4.80. The van der Waals surface area contributed by atoms with Crippen molar-refractivity contribution in [3.8, 4) is 0 Å². The van der Waals surface area contributed by atoms with Gasteiger partial charge in [-0.3, -0.25) is 20.2 Å². The van der Waals surface area contributed by atoms with Gasteiger partial charge >= 0.3 is 5.00 Å². The van der Waals surface area contributed by atoms with Gasteiger partial charge in [-0.15, -0.1) is 0 Å². The van der Waals surface area contributed by atoms with E-state index < -0.39 is 4.92 Å². The van der Waals surface area contributed by atoms with Gasteiger partial charge in [0.1, 0.15) is 6.20 Å². The second-order valence-electron chi connectivity index (χ2n) is 3.79. The lowest BCUT2D eigenvalue weighted by atomic mass is 10.1. The van der Waals surface area contributed by atoms with Crippen LogP contribution in [0.2, 0.25) is 0 Å². The molecule has 1 aromatic carbocycles. The van der Waals surface area contributed by atoms with Crippen molar-refractivity contribution in [2.75, 3.05) is 17.2 Å². The van der Waals surface area contributed by atoms with E-state index in [1.54, 1.807) is 18.2 Å². The summed E-state index contributed by atoms with van der Waals surface area (Å²) in [6, 6.07) is 7.04. The summed E-state index contributed by atoms with van der Waals surface area (Å²) in [4.78, 5) is 26.0. The zero-order valence-electron chi connectivity index (χ0n) is 10.6. The summed E-state index contributed by atoms with van der Waals surface area (Å²) in [6.45, 7) is 2.62. The Kier molecular flexibility index (Phi) is 4.26. The topological polar surface area (TPSA) is 97.2 Å². The third kappa shape index (κ3) is 3.09. The molecule has 0 fully saturated rings. The first kappa shape index (κ1) is 13.9. The van der Waals surface area contributed by atoms with E-state index in [-0.39, 0.29) is 16.0 Å². The summed E-state index contributed by atoms with van der Waals surface area (Å²) in [5.41, 5.74) is 1.17. The molecule has 1 aromatic heterocycles. The Bertz CT molecular complexity index is 641. The van der Waals surface area contributed by atoms with Crippen LogP contribution in [0.1, 0.15) is 17.3 Å². The van der Waals surface area contributed by atoms with E-state index in [4.69, 9.17) is 0 Å². The highest BCUT2D eigenvalue weighted by Crippen LogP contribution is 2.26. The molecule has 1 heterocycles. The Hall–Kier alpha value is -2.48. The van der Waals surface area contributed by atoms with Crippen molar-refractivity contribution >= 4 is 33.1 Å². The Morgan fingerprint density at radius 3 is 2.85 bits per heavy atom. The molecule has 0 spiro atoms. The van der Waals surface area contributed by atoms with Crippen LogP contribution in [0.4, 0.5) is 15.8 Å². The van der Waals surface area contributed by atoms with E-state index >= 15 is 0 Å². The second kappa shape index (κ2) is 6.11. The molecule has 0 atom stereocenters. The highest BCUT2D eigenvalue weighted by Gasteiger charge is 2.16. The first-order chi connectivity index (χ1) is 9.61. The van der Waals surface area contributed by atoms with E-state index in [0.29, 0.717) is 17.8 Å². The number of benzene rings is 1. The zero-order chi connectivity index (χ0) is 14.5. The normalized spacial score (nSPS) is 10.1. The zero-order valence-corrected chi connectivity index (χ0v) is 11.4. The smallest absolute Gasteiger partial charge is 0.345 e. The molecule has 104 valence electrons. The van der Waals surface area contributed by atoms with Crippen LogP contribution in [0.25, 0.3) is 0 Å². The molecule has 0 saturated heterocycles. The number of anilines is 2. The first-order valence-corrected chi connectivity index (χ1v) is 6.68. The molecule has 2 N–H and O–H groups in total. The van der Waals surface area contributed by atoms with Crippen molar-refractivity contribution in [2.45, 2.75) is 6.92 Å². The van der Waals surface area contributed by atoms with E-state index in [1.165, 1.54) is 0 Å². The first-order valence-electron chi connectivity index (χ1n) is 5.86. The Morgan fingerprint density at radius 2 is 2.20 bits per heavy atom. The van der Waals surface area contributed by atoms with Crippen molar-refractivity contribution in [1.82, 2.24) is 4.98 Å². The number of aromatic nitrogens is 1. The van der Waals surface area contributed by atoms with Crippen LogP contribution >= 0.6 is 11.3 Å². The fraction of sp³-hybridized carbons (Fsp3) is 0.167. The molecule has 0 bridgehead atoms. The summed E-state index contributed by atoms with van der Waals surface area (Å²) in [5.74, 6) is -0.356. The van der Waals surface area contributed by atoms with Crippen LogP contribution in [0, 0.1) is 10.1 Å². The van der Waals surface area contributed by atoms with Gasteiger partial charge in [-0.2, -0.15) is 0 Å². The largest absolute Gasteiger partial charge is 0.385 e. The average Bonchev–Trinajstić information content (AvgIpc) is 2.88. The van der Waals surface area contributed by atoms with Gasteiger partial charge < -0.3 is 5.32 Å². The molecule has 0 saturated carbocycles. The highest BCUT2D eigenvalue weighted by molar-refractivity contribution is 7.18. The molecule has 20 heavy (non-hydrogen) atoms. The quantitative estimate of drug-likeness (QED) is 0.652. The number of rotatable bonds is 5. The lowest BCUT2D eigenvalue weighted by Gasteiger charge is -2.09. The SMILES string of the molecule is CCNc1ccccc1C(=O)Nc1ncc([N+](=O)[O-])s1. The number of para-hydroxylation sites is 1. The van der Waals surface area contributed by atoms with Gasteiger partial charge in [0.2, 0.25) is 0 Å². The fourth-order valence-corrected chi connectivity index (χ4v) is 2.23. The van der Waals surface area contributed by atoms with Gasteiger partial charge in [-0.1, -0.05) is 12.1 Å². The van der Waals surface area contributed by atoms with Crippen LogP contribution < -0.4 is 10.6 Å². The maximum atomic E-state index is 12.1. The van der Waals surface area contributed by atoms with Crippen molar-refractivity contribution in [3.63, 3.8) is 0 Å². The number of amides is 1. The highest BCUT2D eigenvalue weighted by atomic mass is 32.1. The third-order valence-electron chi connectivity index (χ3n) is 2.43. The van der Waals surface area contributed by atoms with Gasteiger partial charge in [-0.05, 0) is 30.4 Å². The molecule has 0 radical (unpaired) electrons. The van der Waals surface area contributed by atoms with E-state index in [0.717, 1.165) is 17.5 Å². The Balaban J connectivity index is 2.17. The summed E-state index contributed by atoms with van der Waals surface area (Å²) in [7, 11) is 0. The van der Waals surface area contributed by atoms with Crippen molar-refractivity contribution in [3.05, 3.63) is 46.1 Å². The molecule has 0 aliphatic rings. The third-order valence-corrected chi connectivity index (χ3v) is 3.30. The Morgan fingerprint density at radius 1 is 1.45 bits per heavy atom. The van der Waals surface area contributed by atoms with Crippen LogP contribution in [-0.2, 0) is 0 Å². The molecule has 0 aliphatic heterocycles. The number of nitro groups is 1. The lowest BCUT2D eigenvalue weighted by Crippen LogP contribution is -2.14. The van der Waals surface area contributed by atoms with Crippen molar-refractivity contribution in [2.24, 2.45) is 0 Å². The Labute approximate surface area is 118 Å². The van der Waals surface area contributed by atoms with Crippen molar-refractivity contribution in [1.29, 1.82) is 0 Å². The molecule has 7 nitrogen and oxygen atoms in total. The maximum absolute atomic E-state index is 12.1. The van der Waals surface area contributed by atoms with Crippen LogP contribution in [0.15, 0.2) is 30.5 Å². The minimum Gasteiger partial charge on any atom is -0.385 e. The molecule has 8 heteroatoms. The molecule has 0 unspecified atom stereocenters. The predicted octanol–water partition coefficient (Wildman–Crippen LogP) is 2.74. The van der Waals surface area contributed by atoms with E-state index in [9.17, 15) is 14.9 Å². The number of thiazole rings is 1. The van der Waals surface area contributed by atoms with Crippen LogP contribution in [0.3, 0.4) is 0 Å². The molecule has 2 rings (SSSR count). The van der Waals surface area contributed by atoms with Gasteiger partial charge in [-0.25, -0.2) is 4.98 Å². The van der Waals surface area contributed by atoms with Crippen LogP contribution in [-0.4, -0.2) is 22.4 Å². The molecule has 2 aromatic rings. The molecule has 1 amide bonds. The minimum atomic E-state index is -0.542. The van der Waals surface area contributed by atoms with E-state index in [2.05, 4.69) is 15.6 Å². The summed E-state index contributed by atoms with van der Waals surface area (Å²) in [5, 5.41) is 16.3. The molecule has 0 aliphatic carbocycles. The van der Waals surface area contributed by atoms with Gasteiger partial charge in [0.05, 0.1) is 10.5 Å². The molecular formula is C12H12N4O3S. The van der Waals surface area contributed by atoms with Gasteiger partial charge in [0, 0.05) is 12.2 Å². The maximum Gasteiger partial charge on any atom is 0.345 e. The standard InChI is InChI=1S/C12H12N4O3S/c1-2-13-9-6-4-3-5-8(9)11(17)15-12-14-7-10(20-12)16(18)19/h3-7,13H,2H2,1H3,(H,14,15,17). The van der Waals surface area contributed by atoms with Gasteiger partial charge in [0.25, 0.3) is 5.91 Å².